The van der Waals surface area contributed by atoms with Gasteiger partial charge in [-0.2, -0.15) is 0 Å². The normalized spacial score (nSPS) is 25.4. The summed E-state index contributed by atoms with van der Waals surface area (Å²) in [4.78, 5) is 23.6. The Hall–Kier alpha value is -2.43. The van der Waals surface area contributed by atoms with E-state index < -0.39 is 0 Å². The third-order valence-electron chi connectivity index (χ3n) is 5.37. The maximum absolute atomic E-state index is 12.4. The number of aromatic nitrogens is 2. The summed E-state index contributed by atoms with van der Waals surface area (Å²) in [5.41, 5.74) is 2.86. The van der Waals surface area contributed by atoms with Crippen molar-refractivity contribution >= 4 is 17.4 Å². The molecule has 3 heterocycles. The largest absolute Gasteiger partial charge is 0.361 e. The fourth-order valence-corrected chi connectivity index (χ4v) is 4.13. The van der Waals surface area contributed by atoms with Crippen LogP contribution in [-0.2, 0) is 4.79 Å². The Balaban J connectivity index is 1.77. The monoisotopic (exact) mass is 336 g/mol. The van der Waals surface area contributed by atoms with Gasteiger partial charge in [0.15, 0.2) is 0 Å². The molecule has 25 heavy (non-hydrogen) atoms. The van der Waals surface area contributed by atoms with Crippen molar-refractivity contribution in [1.29, 1.82) is 0 Å². The number of nitrogens with zero attached hydrogens (tertiary/aromatic N) is 3. The van der Waals surface area contributed by atoms with E-state index in [-0.39, 0.29) is 23.9 Å². The highest BCUT2D eigenvalue weighted by molar-refractivity contribution is 5.93. The van der Waals surface area contributed by atoms with Crippen LogP contribution in [0.4, 0.5) is 11.5 Å². The minimum atomic E-state index is 0.0479. The number of aryl methyl sites for hydroxylation is 1. The Kier molecular flexibility index (Phi) is 3.94. The standard InChI is InChI=1S/C20H24N4O/c1-12-6-4-8-17(22-12)23-18-13(2)20(15-9-10-15)24(14(3)25)16-7-5-11-21-19(16)18/h4-8,11,13,15,18,20H,9-10H2,1-3H3,(H,22,23)/t13-,18-,20?/m0/s1. The molecule has 5 heteroatoms. The fourth-order valence-electron chi connectivity index (χ4n) is 4.13. The van der Waals surface area contributed by atoms with Gasteiger partial charge in [-0.3, -0.25) is 9.78 Å². The molecular weight excluding hydrogens is 312 g/mol. The lowest BCUT2D eigenvalue weighted by molar-refractivity contribution is -0.117. The van der Waals surface area contributed by atoms with Crippen molar-refractivity contribution < 1.29 is 4.79 Å². The van der Waals surface area contributed by atoms with Crippen LogP contribution in [0.25, 0.3) is 0 Å². The van der Waals surface area contributed by atoms with Crippen molar-refractivity contribution in [1.82, 2.24) is 9.97 Å². The number of carbonyl (C=O) groups excluding carboxylic acids is 1. The van der Waals surface area contributed by atoms with Crippen LogP contribution in [0.15, 0.2) is 36.5 Å². The maximum atomic E-state index is 12.4. The molecule has 1 fully saturated rings. The molecule has 0 aromatic carbocycles. The predicted octanol–water partition coefficient (Wildman–Crippen LogP) is 3.72. The summed E-state index contributed by atoms with van der Waals surface area (Å²) < 4.78 is 0. The molecule has 0 saturated heterocycles. The van der Waals surface area contributed by atoms with Crippen LogP contribution in [0.2, 0.25) is 0 Å². The lowest BCUT2D eigenvalue weighted by atomic mass is 9.82. The second kappa shape index (κ2) is 6.14. The van der Waals surface area contributed by atoms with Crippen LogP contribution in [0.3, 0.4) is 0 Å². The molecule has 3 atom stereocenters. The van der Waals surface area contributed by atoms with E-state index >= 15 is 0 Å². The summed E-state index contributed by atoms with van der Waals surface area (Å²) in [6, 6.07) is 10.2. The highest BCUT2D eigenvalue weighted by atomic mass is 16.2. The number of hydrogen-bond donors (Lipinski definition) is 1. The minimum absolute atomic E-state index is 0.0479. The summed E-state index contributed by atoms with van der Waals surface area (Å²) in [5.74, 6) is 1.81. The zero-order chi connectivity index (χ0) is 17.6. The van der Waals surface area contributed by atoms with Gasteiger partial charge in [-0.25, -0.2) is 4.98 Å². The molecule has 1 aliphatic carbocycles. The Morgan fingerprint density at radius 1 is 1.24 bits per heavy atom. The van der Waals surface area contributed by atoms with Crippen LogP contribution in [-0.4, -0.2) is 21.9 Å². The van der Waals surface area contributed by atoms with Gasteiger partial charge in [-0.1, -0.05) is 13.0 Å². The molecule has 1 saturated carbocycles. The maximum Gasteiger partial charge on any atom is 0.224 e. The van der Waals surface area contributed by atoms with Crippen molar-refractivity contribution in [2.75, 3.05) is 10.2 Å². The number of anilines is 2. The van der Waals surface area contributed by atoms with E-state index in [0.29, 0.717) is 5.92 Å². The van der Waals surface area contributed by atoms with Crippen LogP contribution < -0.4 is 10.2 Å². The van der Waals surface area contributed by atoms with Gasteiger partial charge in [0, 0.05) is 30.8 Å². The van der Waals surface area contributed by atoms with Crippen LogP contribution in [0.5, 0.6) is 0 Å². The first-order chi connectivity index (χ1) is 12.1. The van der Waals surface area contributed by atoms with E-state index in [2.05, 4.69) is 22.2 Å². The van der Waals surface area contributed by atoms with Gasteiger partial charge in [0.2, 0.25) is 5.91 Å². The van der Waals surface area contributed by atoms with E-state index in [4.69, 9.17) is 0 Å². The van der Waals surface area contributed by atoms with Gasteiger partial charge < -0.3 is 10.2 Å². The van der Waals surface area contributed by atoms with Crippen molar-refractivity contribution in [3.05, 3.63) is 47.9 Å². The van der Waals surface area contributed by atoms with E-state index in [0.717, 1.165) is 22.9 Å². The smallest absolute Gasteiger partial charge is 0.224 e. The highest BCUT2D eigenvalue weighted by Crippen LogP contribution is 2.49. The molecule has 1 N–H and O–H groups in total. The summed E-state index contributed by atoms with van der Waals surface area (Å²) in [7, 11) is 0. The molecule has 2 aliphatic rings. The second-order valence-electron chi connectivity index (χ2n) is 7.27. The number of carbonyl (C=O) groups is 1. The fraction of sp³-hybridized carbons (Fsp3) is 0.450. The number of pyridine rings is 2. The first kappa shape index (κ1) is 16.1. The minimum Gasteiger partial charge on any atom is -0.361 e. The summed E-state index contributed by atoms with van der Waals surface area (Å²) in [6.07, 6.45) is 4.20. The summed E-state index contributed by atoms with van der Waals surface area (Å²) in [5, 5.41) is 3.59. The SMILES string of the molecule is CC(=O)N1c2cccnc2[C@@H](Nc2cccc(C)n2)[C@H](C)C1C1CC1. The van der Waals surface area contributed by atoms with Gasteiger partial charge in [0.1, 0.15) is 5.82 Å². The molecule has 0 bridgehead atoms. The van der Waals surface area contributed by atoms with Gasteiger partial charge in [0.25, 0.3) is 0 Å². The van der Waals surface area contributed by atoms with Crippen molar-refractivity contribution in [3.8, 4) is 0 Å². The van der Waals surface area contributed by atoms with Gasteiger partial charge in [-0.05, 0) is 49.9 Å². The number of rotatable bonds is 3. The first-order valence-corrected chi connectivity index (χ1v) is 9.01. The Labute approximate surface area is 148 Å². The number of nitrogens with one attached hydrogen (secondary N) is 1. The third-order valence-corrected chi connectivity index (χ3v) is 5.37. The van der Waals surface area contributed by atoms with E-state index in [1.165, 1.54) is 12.8 Å². The second-order valence-corrected chi connectivity index (χ2v) is 7.27. The molecule has 0 spiro atoms. The van der Waals surface area contributed by atoms with Crippen molar-refractivity contribution in [2.24, 2.45) is 11.8 Å². The van der Waals surface area contributed by atoms with E-state index in [1.807, 2.05) is 42.2 Å². The Morgan fingerprint density at radius 2 is 2.04 bits per heavy atom. The summed E-state index contributed by atoms with van der Waals surface area (Å²) >= 11 is 0. The lowest BCUT2D eigenvalue weighted by Crippen LogP contribution is -2.51. The van der Waals surface area contributed by atoms with E-state index in [9.17, 15) is 4.79 Å². The molecule has 2 aromatic rings. The average molecular weight is 336 g/mol. The molecule has 2 aromatic heterocycles. The molecule has 1 unspecified atom stereocenters. The van der Waals surface area contributed by atoms with Crippen molar-refractivity contribution in [2.45, 2.75) is 45.7 Å². The molecule has 5 nitrogen and oxygen atoms in total. The van der Waals surface area contributed by atoms with Crippen LogP contribution >= 0.6 is 0 Å². The molecule has 0 radical (unpaired) electrons. The molecule has 130 valence electrons. The van der Waals surface area contributed by atoms with Crippen molar-refractivity contribution in [3.63, 3.8) is 0 Å². The zero-order valence-corrected chi connectivity index (χ0v) is 14.9. The van der Waals surface area contributed by atoms with Gasteiger partial charge in [0.05, 0.1) is 17.4 Å². The number of fused-ring (bicyclic) bond motifs is 1. The predicted molar refractivity (Wildman–Crippen MR) is 98.4 cm³/mol. The molecule has 1 aliphatic heterocycles. The topological polar surface area (TPSA) is 58.1 Å². The van der Waals surface area contributed by atoms with Gasteiger partial charge >= 0.3 is 0 Å². The lowest BCUT2D eigenvalue weighted by Gasteiger charge is -2.45. The third kappa shape index (κ3) is 2.88. The number of amides is 1. The Morgan fingerprint density at radius 3 is 2.72 bits per heavy atom. The highest BCUT2D eigenvalue weighted by Gasteiger charge is 2.48. The quantitative estimate of drug-likeness (QED) is 0.928. The average Bonchev–Trinajstić information content (AvgIpc) is 3.41. The van der Waals surface area contributed by atoms with Gasteiger partial charge in [-0.15, -0.1) is 0 Å². The van der Waals surface area contributed by atoms with Crippen LogP contribution in [0, 0.1) is 18.8 Å². The molecule has 1 amide bonds. The summed E-state index contributed by atoms with van der Waals surface area (Å²) in [6.45, 7) is 5.88. The van der Waals surface area contributed by atoms with E-state index in [1.54, 1.807) is 13.1 Å². The van der Waals surface area contributed by atoms with Crippen LogP contribution in [0.1, 0.15) is 44.1 Å². The number of hydrogen-bond acceptors (Lipinski definition) is 4. The Bertz CT molecular complexity index is 802. The zero-order valence-electron chi connectivity index (χ0n) is 14.9. The molecular formula is C20H24N4O. The molecule has 4 rings (SSSR count). The first-order valence-electron chi connectivity index (χ1n) is 9.01.